The number of rotatable bonds is 4. The summed E-state index contributed by atoms with van der Waals surface area (Å²) in [5.74, 6) is 1.09. The Hall–Kier alpha value is -1.14. The molecule has 1 N–H and O–H groups in total. The van der Waals surface area contributed by atoms with Gasteiger partial charge in [0.1, 0.15) is 0 Å². The largest absolute Gasteiger partial charge is 0.457 e. The molecule has 0 spiro atoms. The van der Waals surface area contributed by atoms with E-state index in [1.165, 1.54) is 12.8 Å². The lowest BCUT2D eigenvalue weighted by Crippen LogP contribution is -2.15. The van der Waals surface area contributed by atoms with Gasteiger partial charge in [0, 0.05) is 6.04 Å². The maximum atomic E-state index is 5.51. The number of furan rings is 1. The topological polar surface area (TPSA) is 64.1 Å². The highest BCUT2D eigenvalue weighted by atomic mass is 79.9. The van der Waals surface area contributed by atoms with E-state index in [0.717, 1.165) is 5.56 Å². The van der Waals surface area contributed by atoms with E-state index in [-0.39, 0.29) is 0 Å². The van der Waals surface area contributed by atoms with Crippen LogP contribution in [0.5, 0.6) is 0 Å². The van der Waals surface area contributed by atoms with Crippen LogP contribution in [0.4, 0.5) is 0 Å². The van der Waals surface area contributed by atoms with Gasteiger partial charge >= 0.3 is 0 Å². The van der Waals surface area contributed by atoms with Crippen LogP contribution in [0.3, 0.4) is 0 Å². The van der Waals surface area contributed by atoms with Crippen LogP contribution < -0.4 is 5.32 Å². The zero-order valence-electron chi connectivity index (χ0n) is 8.44. The molecular weight excluding hydrogens is 274 g/mol. The molecule has 0 saturated heterocycles. The lowest BCUT2D eigenvalue weighted by molar-refractivity contribution is 0.474. The molecule has 6 heteroatoms. The summed E-state index contributed by atoms with van der Waals surface area (Å²) in [6.45, 7) is 0.632. The Morgan fingerprint density at radius 1 is 1.44 bits per heavy atom. The molecule has 1 aliphatic carbocycles. The van der Waals surface area contributed by atoms with Gasteiger partial charge < -0.3 is 14.2 Å². The molecule has 0 atom stereocenters. The molecule has 16 heavy (non-hydrogen) atoms. The van der Waals surface area contributed by atoms with Crippen molar-refractivity contribution in [2.45, 2.75) is 25.4 Å². The van der Waals surface area contributed by atoms with Gasteiger partial charge in [0.15, 0.2) is 4.67 Å². The van der Waals surface area contributed by atoms with Gasteiger partial charge in [0.05, 0.1) is 18.4 Å². The van der Waals surface area contributed by atoms with Crippen molar-refractivity contribution in [2.24, 2.45) is 0 Å². The van der Waals surface area contributed by atoms with Crippen LogP contribution in [-0.2, 0) is 6.54 Å². The molecule has 1 aliphatic rings. The van der Waals surface area contributed by atoms with Crippen molar-refractivity contribution in [3.8, 4) is 11.5 Å². The predicted molar refractivity (Wildman–Crippen MR) is 59.6 cm³/mol. The molecular formula is C10H10BrN3O2. The summed E-state index contributed by atoms with van der Waals surface area (Å²) in [5.41, 5.74) is 0.783. The first kappa shape index (κ1) is 10.0. The summed E-state index contributed by atoms with van der Waals surface area (Å²) in [6, 6.07) is 2.42. The first-order chi connectivity index (χ1) is 7.83. The average molecular weight is 284 g/mol. The van der Waals surface area contributed by atoms with Gasteiger partial charge in [0.2, 0.25) is 5.89 Å². The maximum Gasteiger partial charge on any atom is 0.252 e. The number of halogens is 1. The number of hydrogen-bond donors (Lipinski definition) is 1. The number of aromatic nitrogens is 2. The van der Waals surface area contributed by atoms with Crippen molar-refractivity contribution in [1.29, 1.82) is 0 Å². The highest BCUT2D eigenvalue weighted by Crippen LogP contribution is 2.28. The summed E-state index contributed by atoms with van der Waals surface area (Å²) in [5, 5.41) is 11.3. The Kier molecular flexibility index (Phi) is 2.53. The second-order valence-corrected chi connectivity index (χ2v) is 4.48. The minimum absolute atomic E-state index is 0.480. The van der Waals surface area contributed by atoms with E-state index >= 15 is 0 Å². The number of nitrogens with zero attached hydrogens (tertiary/aromatic N) is 2. The Morgan fingerprint density at radius 2 is 2.31 bits per heavy atom. The third-order valence-corrected chi connectivity index (χ3v) is 3.05. The van der Waals surface area contributed by atoms with Crippen LogP contribution >= 0.6 is 15.9 Å². The fraction of sp³-hybridized carbons (Fsp3) is 0.400. The minimum atomic E-state index is 0.480. The highest BCUT2D eigenvalue weighted by Gasteiger charge is 2.21. The van der Waals surface area contributed by atoms with Crippen LogP contribution in [0, 0.1) is 0 Å². The third kappa shape index (κ3) is 2.03. The molecule has 0 bridgehead atoms. The van der Waals surface area contributed by atoms with Crippen molar-refractivity contribution in [3.05, 3.63) is 22.9 Å². The van der Waals surface area contributed by atoms with Gasteiger partial charge in [-0.2, -0.15) is 0 Å². The van der Waals surface area contributed by atoms with E-state index in [4.69, 9.17) is 8.83 Å². The van der Waals surface area contributed by atoms with Gasteiger partial charge in [-0.3, -0.25) is 0 Å². The molecule has 2 heterocycles. The van der Waals surface area contributed by atoms with Gasteiger partial charge in [-0.15, -0.1) is 10.2 Å². The highest BCUT2D eigenvalue weighted by molar-refractivity contribution is 9.10. The fourth-order valence-corrected chi connectivity index (χ4v) is 1.81. The van der Waals surface area contributed by atoms with Gasteiger partial charge in [0.25, 0.3) is 5.89 Å². The Balaban J connectivity index is 1.74. The van der Waals surface area contributed by atoms with Gasteiger partial charge in [-0.05, 0) is 34.8 Å². The molecule has 1 fully saturated rings. The van der Waals surface area contributed by atoms with E-state index in [0.29, 0.717) is 29.0 Å². The van der Waals surface area contributed by atoms with Crippen molar-refractivity contribution < 1.29 is 8.83 Å². The minimum Gasteiger partial charge on any atom is -0.457 e. The van der Waals surface area contributed by atoms with Crippen molar-refractivity contribution >= 4 is 15.9 Å². The lowest BCUT2D eigenvalue weighted by Gasteiger charge is -1.95. The summed E-state index contributed by atoms with van der Waals surface area (Å²) >= 11 is 3.27. The standard InChI is InChI=1S/C10H10BrN3O2/c11-9-7(3-4-15-9)10-14-13-8(16-10)5-12-6-1-2-6/h3-4,6,12H,1-2,5H2. The summed E-state index contributed by atoms with van der Waals surface area (Å²) in [4.78, 5) is 0. The second-order valence-electron chi connectivity index (χ2n) is 3.76. The van der Waals surface area contributed by atoms with Crippen LogP contribution in [-0.4, -0.2) is 16.2 Å². The smallest absolute Gasteiger partial charge is 0.252 e. The Morgan fingerprint density at radius 3 is 3.00 bits per heavy atom. The SMILES string of the molecule is Brc1occc1-c1nnc(CNC2CC2)o1. The molecule has 0 aliphatic heterocycles. The molecule has 2 aromatic heterocycles. The van der Waals surface area contributed by atoms with E-state index < -0.39 is 0 Å². The van der Waals surface area contributed by atoms with Crippen LogP contribution in [0.15, 0.2) is 25.8 Å². The average Bonchev–Trinajstić information content (AvgIpc) is 2.82. The fourth-order valence-electron chi connectivity index (χ4n) is 1.40. The molecule has 0 unspecified atom stereocenters. The summed E-state index contributed by atoms with van der Waals surface area (Å²) in [7, 11) is 0. The Labute approximate surface area is 100 Å². The maximum absolute atomic E-state index is 5.51. The molecule has 5 nitrogen and oxygen atoms in total. The molecule has 2 aromatic rings. The van der Waals surface area contributed by atoms with Crippen LogP contribution in [0.2, 0.25) is 0 Å². The first-order valence-electron chi connectivity index (χ1n) is 5.12. The summed E-state index contributed by atoms with van der Waals surface area (Å²) < 4.78 is 11.2. The molecule has 3 rings (SSSR count). The van der Waals surface area contributed by atoms with E-state index in [1.807, 2.05) is 0 Å². The lowest BCUT2D eigenvalue weighted by atomic mass is 10.3. The van der Waals surface area contributed by atoms with Crippen LogP contribution in [0.25, 0.3) is 11.5 Å². The molecule has 0 aromatic carbocycles. The zero-order chi connectivity index (χ0) is 11.0. The van der Waals surface area contributed by atoms with Crippen LogP contribution in [0.1, 0.15) is 18.7 Å². The summed E-state index contributed by atoms with van der Waals surface area (Å²) in [6.07, 6.45) is 4.06. The first-order valence-corrected chi connectivity index (χ1v) is 5.91. The van der Waals surface area contributed by atoms with Crippen molar-refractivity contribution in [2.75, 3.05) is 0 Å². The normalized spacial score (nSPS) is 15.6. The number of hydrogen-bond acceptors (Lipinski definition) is 5. The predicted octanol–water partition coefficient (Wildman–Crippen LogP) is 2.34. The van der Waals surface area contributed by atoms with E-state index in [9.17, 15) is 0 Å². The van der Waals surface area contributed by atoms with Gasteiger partial charge in [-0.25, -0.2) is 0 Å². The third-order valence-electron chi connectivity index (χ3n) is 2.43. The number of nitrogens with one attached hydrogen (secondary N) is 1. The van der Waals surface area contributed by atoms with Crippen molar-refractivity contribution in [3.63, 3.8) is 0 Å². The molecule has 0 amide bonds. The quantitative estimate of drug-likeness (QED) is 0.933. The van der Waals surface area contributed by atoms with Crippen molar-refractivity contribution in [1.82, 2.24) is 15.5 Å². The monoisotopic (exact) mass is 283 g/mol. The van der Waals surface area contributed by atoms with E-state index in [1.54, 1.807) is 12.3 Å². The molecule has 1 saturated carbocycles. The van der Waals surface area contributed by atoms with Gasteiger partial charge in [-0.1, -0.05) is 0 Å². The molecule has 84 valence electrons. The second kappa shape index (κ2) is 4.03. The Bertz CT molecular complexity index is 490. The van der Waals surface area contributed by atoms with E-state index in [2.05, 4.69) is 31.4 Å². The zero-order valence-corrected chi connectivity index (χ0v) is 10.0. The molecule has 0 radical (unpaired) electrons.